The highest BCUT2D eigenvalue weighted by atomic mass is 19.1. The minimum absolute atomic E-state index is 0.154. The van der Waals surface area contributed by atoms with Gasteiger partial charge in [0.25, 0.3) is 0 Å². The fourth-order valence-electron chi connectivity index (χ4n) is 1.02. The second kappa shape index (κ2) is 3.57. The van der Waals surface area contributed by atoms with Gasteiger partial charge < -0.3 is 15.6 Å². The van der Waals surface area contributed by atoms with E-state index in [1.54, 1.807) is 0 Å². The largest absolute Gasteiger partial charge is 0.504 e. The molecule has 0 fully saturated rings. The Morgan fingerprint density at radius 3 is 2.54 bits per heavy atom. The summed E-state index contributed by atoms with van der Waals surface area (Å²) in [5.41, 5.74) is 4.99. The molecular weight excluding hydrogens is 180 g/mol. The van der Waals surface area contributed by atoms with E-state index in [0.29, 0.717) is 6.07 Å². The van der Waals surface area contributed by atoms with E-state index in [1.807, 2.05) is 0 Å². The first-order valence-corrected chi connectivity index (χ1v) is 3.55. The van der Waals surface area contributed by atoms with Crippen molar-refractivity contribution in [2.24, 2.45) is 5.73 Å². The number of halogens is 2. The maximum Gasteiger partial charge on any atom is 0.197 e. The quantitative estimate of drug-likeness (QED) is 0.733. The molecule has 13 heavy (non-hydrogen) atoms. The van der Waals surface area contributed by atoms with E-state index in [-0.39, 0.29) is 17.9 Å². The Labute approximate surface area is 73.7 Å². The van der Waals surface area contributed by atoms with Gasteiger partial charge in [0, 0.05) is 18.2 Å². The highest BCUT2D eigenvalue weighted by Gasteiger charge is 2.17. The Morgan fingerprint density at radius 1 is 1.46 bits per heavy atom. The van der Waals surface area contributed by atoms with Gasteiger partial charge in [-0.2, -0.15) is 0 Å². The molecule has 3 N–H and O–H groups in total. The van der Waals surface area contributed by atoms with Gasteiger partial charge in [-0.1, -0.05) is 0 Å². The fourth-order valence-corrected chi connectivity index (χ4v) is 1.02. The summed E-state index contributed by atoms with van der Waals surface area (Å²) in [6.07, 6.45) is 0. The van der Waals surface area contributed by atoms with Crippen molar-refractivity contribution < 1.29 is 18.6 Å². The Hall–Kier alpha value is -1.36. The van der Waals surface area contributed by atoms with Crippen LogP contribution in [0, 0.1) is 11.6 Å². The van der Waals surface area contributed by atoms with Crippen LogP contribution < -0.4 is 10.5 Å². The number of benzene rings is 1. The zero-order valence-corrected chi connectivity index (χ0v) is 6.97. The monoisotopic (exact) mass is 189 g/mol. The van der Waals surface area contributed by atoms with Crippen LogP contribution in [0.25, 0.3) is 0 Å². The Bertz CT molecular complexity index is 300. The second-order valence-electron chi connectivity index (χ2n) is 2.40. The lowest BCUT2D eigenvalue weighted by molar-refractivity contribution is 0.344. The van der Waals surface area contributed by atoms with Crippen molar-refractivity contribution in [2.45, 2.75) is 6.54 Å². The minimum Gasteiger partial charge on any atom is -0.504 e. The van der Waals surface area contributed by atoms with Crippen molar-refractivity contribution in [3.8, 4) is 11.5 Å². The molecule has 0 aliphatic rings. The molecule has 1 aromatic rings. The van der Waals surface area contributed by atoms with Crippen molar-refractivity contribution >= 4 is 0 Å². The fraction of sp³-hybridized carbons (Fsp3) is 0.250. The molecule has 0 aromatic heterocycles. The van der Waals surface area contributed by atoms with Crippen LogP contribution in [0.1, 0.15) is 5.56 Å². The molecule has 5 heteroatoms. The highest BCUT2D eigenvalue weighted by Crippen LogP contribution is 2.34. The first-order valence-electron chi connectivity index (χ1n) is 3.55. The molecule has 1 rings (SSSR count). The van der Waals surface area contributed by atoms with Crippen LogP contribution in [0.2, 0.25) is 0 Å². The van der Waals surface area contributed by atoms with Gasteiger partial charge in [-0.25, -0.2) is 8.78 Å². The molecule has 0 saturated carbocycles. The lowest BCUT2D eigenvalue weighted by atomic mass is 10.1. The molecule has 3 nitrogen and oxygen atoms in total. The summed E-state index contributed by atoms with van der Waals surface area (Å²) in [5, 5.41) is 9.27. The molecule has 72 valence electrons. The topological polar surface area (TPSA) is 55.5 Å². The van der Waals surface area contributed by atoms with Crippen LogP contribution in [0.5, 0.6) is 11.5 Å². The molecule has 0 amide bonds. The van der Waals surface area contributed by atoms with Crippen molar-refractivity contribution in [2.75, 3.05) is 7.11 Å². The second-order valence-corrected chi connectivity index (χ2v) is 2.40. The molecule has 0 heterocycles. The maximum atomic E-state index is 12.9. The molecule has 0 radical (unpaired) electrons. The number of ether oxygens (including phenoxy) is 1. The van der Waals surface area contributed by atoms with Crippen LogP contribution in [0.15, 0.2) is 6.07 Å². The van der Waals surface area contributed by atoms with Gasteiger partial charge in [0.1, 0.15) is 5.82 Å². The molecule has 0 spiro atoms. The molecule has 0 atom stereocenters. The number of phenolic OH excluding ortho intramolecular Hbond substituents is 1. The summed E-state index contributed by atoms with van der Waals surface area (Å²) in [4.78, 5) is 0. The number of phenols is 1. The van der Waals surface area contributed by atoms with Crippen LogP contribution in [0.3, 0.4) is 0 Å². The number of hydrogen-bond acceptors (Lipinski definition) is 3. The maximum absolute atomic E-state index is 12.9. The van der Waals surface area contributed by atoms with E-state index >= 15 is 0 Å². The normalized spacial score (nSPS) is 10.2. The van der Waals surface area contributed by atoms with Gasteiger partial charge in [-0.05, 0) is 0 Å². The molecule has 0 aliphatic heterocycles. The van der Waals surface area contributed by atoms with E-state index in [4.69, 9.17) is 5.73 Å². The molecular formula is C8H9F2NO2. The number of nitrogens with two attached hydrogens (primary N) is 1. The predicted molar refractivity (Wildman–Crippen MR) is 42.5 cm³/mol. The van der Waals surface area contributed by atoms with Crippen LogP contribution >= 0.6 is 0 Å². The first-order chi connectivity index (χ1) is 6.11. The summed E-state index contributed by atoms with van der Waals surface area (Å²) in [6, 6.07) is 0.626. The van der Waals surface area contributed by atoms with Crippen molar-refractivity contribution in [1.29, 1.82) is 0 Å². The summed E-state index contributed by atoms with van der Waals surface area (Å²) >= 11 is 0. The number of aromatic hydroxyl groups is 1. The van der Waals surface area contributed by atoms with Crippen molar-refractivity contribution in [3.63, 3.8) is 0 Å². The molecule has 0 unspecified atom stereocenters. The van der Waals surface area contributed by atoms with Crippen LogP contribution in [0.4, 0.5) is 8.78 Å². The smallest absolute Gasteiger partial charge is 0.197 e. The third kappa shape index (κ3) is 1.55. The molecule has 0 saturated heterocycles. The lowest BCUT2D eigenvalue weighted by Crippen LogP contribution is -2.03. The summed E-state index contributed by atoms with van der Waals surface area (Å²) in [7, 11) is 1.18. The number of rotatable bonds is 2. The molecule has 0 bridgehead atoms. The predicted octanol–water partition coefficient (Wildman–Crippen LogP) is 1.14. The van der Waals surface area contributed by atoms with Gasteiger partial charge in [-0.15, -0.1) is 0 Å². The van der Waals surface area contributed by atoms with Crippen LogP contribution in [-0.2, 0) is 6.54 Å². The average molecular weight is 189 g/mol. The van der Waals surface area contributed by atoms with E-state index in [9.17, 15) is 13.9 Å². The summed E-state index contributed by atoms with van der Waals surface area (Å²) < 4.78 is 30.3. The van der Waals surface area contributed by atoms with E-state index in [2.05, 4.69) is 4.74 Å². The number of methoxy groups -OCH3 is 1. The van der Waals surface area contributed by atoms with Gasteiger partial charge >= 0.3 is 0 Å². The SMILES string of the molecule is COc1c(F)cc(F)c(CN)c1O. The zero-order valence-electron chi connectivity index (χ0n) is 6.97. The van der Waals surface area contributed by atoms with Crippen LogP contribution in [-0.4, -0.2) is 12.2 Å². The summed E-state index contributed by atoms with van der Waals surface area (Å²) in [6.45, 7) is -0.214. The lowest BCUT2D eigenvalue weighted by Gasteiger charge is -2.09. The van der Waals surface area contributed by atoms with E-state index in [1.165, 1.54) is 7.11 Å². The Balaban J connectivity index is 3.39. The Morgan fingerprint density at radius 2 is 2.08 bits per heavy atom. The molecule has 1 aromatic carbocycles. The third-order valence-electron chi connectivity index (χ3n) is 1.67. The van der Waals surface area contributed by atoms with E-state index in [0.717, 1.165) is 0 Å². The average Bonchev–Trinajstić information content (AvgIpc) is 2.04. The summed E-state index contributed by atoms with van der Waals surface area (Å²) in [5.74, 6) is -2.79. The van der Waals surface area contributed by atoms with Gasteiger partial charge in [-0.3, -0.25) is 0 Å². The van der Waals surface area contributed by atoms with E-state index < -0.39 is 17.4 Å². The highest BCUT2D eigenvalue weighted by molar-refractivity contribution is 5.47. The first kappa shape index (κ1) is 9.73. The minimum atomic E-state index is -0.949. The van der Waals surface area contributed by atoms with Gasteiger partial charge in [0.05, 0.1) is 7.11 Å². The Kier molecular flexibility index (Phi) is 2.67. The van der Waals surface area contributed by atoms with Crippen molar-refractivity contribution in [1.82, 2.24) is 0 Å². The zero-order chi connectivity index (χ0) is 10.0. The van der Waals surface area contributed by atoms with Gasteiger partial charge in [0.2, 0.25) is 0 Å². The molecule has 0 aliphatic carbocycles. The van der Waals surface area contributed by atoms with Crippen molar-refractivity contribution in [3.05, 3.63) is 23.3 Å². The number of hydrogen-bond donors (Lipinski definition) is 2. The third-order valence-corrected chi connectivity index (χ3v) is 1.67. The standard InChI is InChI=1S/C8H9F2NO2/c1-13-8-6(10)2-5(9)4(3-11)7(8)12/h2,12H,3,11H2,1H3. The van der Waals surface area contributed by atoms with Gasteiger partial charge in [0.15, 0.2) is 17.3 Å².